The minimum Gasteiger partial charge on any atom is -0.444 e. The van der Waals surface area contributed by atoms with Crippen LogP contribution in [0.1, 0.15) is 86.5 Å². The van der Waals surface area contributed by atoms with Gasteiger partial charge in [0.2, 0.25) is 0 Å². The van der Waals surface area contributed by atoms with Crippen molar-refractivity contribution in [2.24, 2.45) is 0 Å². The maximum atomic E-state index is 13.2. The van der Waals surface area contributed by atoms with Crippen molar-refractivity contribution in [1.29, 1.82) is 0 Å². The van der Waals surface area contributed by atoms with E-state index in [1.807, 2.05) is 18.7 Å². The van der Waals surface area contributed by atoms with Crippen molar-refractivity contribution >= 4 is 11.8 Å². The molecular weight excluding hydrogens is 368 g/mol. The lowest BCUT2D eigenvalue weighted by molar-refractivity contribution is -0.386. The van der Waals surface area contributed by atoms with Crippen LogP contribution >= 0.6 is 0 Å². The molecule has 0 heterocycles. The molecule has 1 amide bonds. The highest BCUT2D eigenvalue weighted by molar-refractivity contribution is 5.69. The van der Waals surface area contributed by atoms with Crippen molar-refractivity contribution in [2.45, 2.75) is 104 Å². The van der Waals surface area contributed by atoms with Gasteiger partial charge in [0.05, 0.1) is 10.5 Å². The van der Waals surface area contributed by atoms with Gasteiger partial charge < -0.3 is 9.64 Å². The Bertz CT molecular complexity index is 732. The first-order chi connectivity index (χ1) is 13.9. The SMILES string of the molecule is Cc1cc(COC(=O)N(C2CCCCC2)C2CCCCC2)c([N+](=O)[O-])c(C)c1C. The monoisotopic (exact) mass is 402 g/mol. The summed E-state index contributed by atoms with van der Waals surface area (Å²) in [4.78, 5) is 26.4. The Kier molecular flexibility index (Phi) is 7.14. The van der Waals surface area contributed by atoms with Crippen LogP contribution < -0.4 is 0 Å². The Morgan fingerprint density at radius 1 is 1.00 bits per heavy atom. The highest BCUT2D eigenvalue weighted by atomic mass is 16.6. The number of benzene rings is 1. The predicted octanol–water partition coefficient (Wildman–Crippen LogP) is 6.12. The number of hydrogen-bond donors (Lipinski definition) is 0. The van der Waals surface area contributed by atoms with Crippen molar-refractivity contribution in [1.82, 2.24) is 4.90 Å². The van der Waals surface area contributed by atoms with Crippen molar-refractivity contribution in [3.05, 3.63) is 38.4 Å². The number of rotatable bonds is 5. The van der Waals surface area contributed by atoms with Gasteiger partial charge in [-0.1, -0.05) is 38.5 Å². The third-order valence-corrected chi connectivity index (χ3v) is 6.88. The molecule has 0 bridgehead atoms. The van der Waals surface area contributed by atoms with Gasteiger partial charge in [-0.25, -0.2) is 4.79 Å². The normalized spacial score (nSPS) is 18.4. The summed E-state index contributed by atoms with van der Waals surface area (Å²) in [5.74, 6) is 0. The van der Waals surface area contributed by atoms with Crippen LogP contribution in [0.5, 0.6) is 0 Å². The average Bonchev–Trinajstić information content (AvgIpc) is 2.72. The Morgan fingerprint density at radius 3 is 2.00 bits per heavy atom. The molecule has 1 aromatic rings. The highest BCUT2D eigenvalue weighted by Gasteiger charge is 2.34. The number of amides is 1. The largest absolute Gasteiger partial charge is 0.444 e. The van der Waals surface area contributed by atoms with Gasteiger partial charge in [0.15, 0.2) is 0 Å². The van der Waals surface area contributed by atoms with E-state index in [9.17, 15) is 14.9 Å². The smallest absolute Gasteiger partial charge is 0.410 e. The summed E-state index contributed by atoms with van der Waals surface area (Å²) in [5.41, 5.74) is 3.10. The Hall–Kier alpha value is -2.11. The van der Waals surface area contributed by atoms with Crippen molar-refractivity contribution < 1.29 is 14.5 Å². The van der Waals surface area contributed by atoms with Crippen LogP contribution in [0.15, 0.2) is 6.07 Å². The molecule has 0 N–H and O–H groups in total. The second-order valence-corrected chi connectivity index (χ2v) is 8.75. The number of carbonyl (C=O) groups excluding carboxylic acids is 1. The van der Waals surface area contributed by atoms with E-state index in [4.69, 9.17) is 4.74 Å². The summed E-state index contributed by atoms with van der Waals surface area (Å²) in [7, 11) is 0. The van der Waals surface area contributed by atoms with Crippen LogP contribution in [0.4, 0.5) is 10.5 Å². The molecular formula is C23H34N2O4. The molecule has 2 saturated carbocycles. The van der Waals surface area contributed by atoms with Gasteiger partial charge in [-0.3, -0.25) is 10.1 Å². The molecule has 6 heteroatoms. The van der Waals surface area contributed by atoms with Crippen molar-refractivity contribution in [2.75, 3.05) is 0 Å². The first kappa shape index (κ1) is 21.6. The lowest BCUT2D eigenvalue weighted by Crippen LogP contribution is -2.49. The van der Waals surface area contributed by atoms with Gasteiger partial charge >= 0.3 is 6.09 Å². The van der Waals surface area contributed by atoms with E-state index >= 15 is 0 Å². The van der Waals surface area contributed by atoms with Crippen LogP contribution in [0.2, 0.25) is 0 Å². The van der Waals surface area contributed by atoms with E-state index in [1.54, 1.807) is 13.0 Å². The molecule has 0 spiro atoms. The van der Waals surface area contributed by atoms with Gasteiger partial charge in [0, 0.05) is 17.6 Å². The van der Waals surface area contributed by atoms with E-state index in [1.165, 1.54) is 12.8 Å². The Balaban J connectivity index is 1.78. The summed E-state index contributed by atoms with van der Waals surface area (Å²) >= 11 is 0. The quantitative estimate of drug-likeness (QED) is 0.439. The van der Waals surface area contributed by atoms with Crippen molar-refractivity contribution in [3.8, 4) is 0 Å². The van der Waals surface area contributed by atoms with Gasteiger partial charge in [-0.15, -0.1) is 0 Å². The molecule has 160 valence electrons. The fourth-order valence-electron chi connectivity index (χ4n) is 5.05. The molecule has 0 saturated heterocycles. The lowest BCUT2D eigenvalue weighted by atomic mass is 9.89. The second kappa shape index (κ2) is 9.59. The van der Waals surface area contributed by atoms with Crippen molar-refractivity contribution in [3.63, 3.8) is 0 Å². The van der Waals surface area contributed by atoms with Crippen LogP contribution in [-0.2, 0) is 11.3 Å². The molecule has 0 radical (unpaired) electrons. The van der Waals surface area contributed by atoms with Gasteiger partial charge in [-0.05, 0) is 63.6 Å². The van der Waals surface area contributed by atoms with E-state index in [2.05, 4.69) is 0 Å². The average molecular weight is 403 g/mol. The first-order valence-corrected chi connectivity index (χ1v) is 11.1. The molecule has 1 aromatic carbocycles. The Morgan fingerprint density at radius 2 is 1.52 bits per heavy atom. The molecule has 0 unspecified atom stereocenters. The Labute approximate surface area is 173 Å². The molecule has 2 fully saturated rings. The van der Waals surface area contributed by atoms with Crippen LogP contribution in [0.25, 0.3) is 0 Å². The number of hydrogen-bond acceptors (Lipinski definition) is 4. The standard InChI is InChI=1S/C23H34N2O4/c1-16-14-19(22(25(27)28)18(3)17(16)2)15-29-23(26)24(20-10-6-4-7-11-20)21-12-8-5-9-13-21/h14,20-21H,4-13,15H2,1-3H3. The molecule has 0 atom stereocenters. The summed E-state index contributed by atoms with van der Waals surface area (Å²) in [6.07, 6.45) is 10.9. The van der Waals surface area contributed by atoms with Crippen LogP contribution in [0.3, 0.4) is 0 Å². The van der Waals surface area contributed by atoms with Crippen LogP contribution in [0, 0.1) is 30.9 Å². The van der Waals surface area contributed by atoms with E-state index < -0.39 is 0 Å². The number of aryl methyl sites for hydroxylation is 1. The lowest BCUT2D eigenvalue weighted by Gasteiger charge is -2.40. The minimum absolute atomic E-state index is 0.0486. The third-order valence-electron chi connectivity index (χ3n) is 6.88. The van der Waals surface area contributed by atoms with Gasteiger partial charge in [-0.2, -0.15) is 0 Å². The maximum absolute atomic E-state index is 13.2. The molecule has 29 heavy (non-hydrogen) atoms. The molecule has 3 rings (SSSR count). The molecule has 6 nitrogen and oxygen atoms in total. The maximum Gasteiger partial charge on any atom is 0.410 e. The molecule has 0 aliphatic heterocycles. The van der Waals surface area contributed by atoms with Gasteiger partial charge in [0.1, 0.15) is 6.61 Å². The zero-order valence-electron chi connectivity index (χ0n) is 18.0. The number of nitrogens with zero attached hydrogens (tertiary/aromatic N) is 2. The van der Waals surface area contributed by atoms with E-state index in [0.29, 0.717) is 11.1 Å². The molecule has 2 aliphatic carbocycles. The van der Waals surface area contributed by atoms with E-state index in [-0.39, 0.29) is 35.4 Å². The zero-order chi connectivity index (χ0) is 21.0. The fraction of sp³-hybridized carbons (Fsp3) is 0.696. The topological polar surface area (TPSA) is 72.7 Å². The third kappa shape index (κ3) is 4.90. The fourth-order valence-corrected chi connectivity index (χ4v) is 5.05. The molecule has 2 aliphatic rings. The summed E-state index contributed by atoms with van der Waals surface area (Å²) in [6, 6.07) is 2.28. The highest BCUT2D eigenvalue weighted by Crippen LogP contribution is 2.32. The second-order valence-electron chi connectivity index (χ2n) is 8.75. The van der Waals surface area contributed by atoms with E-state index in [0.717, 1.165) is 62.5 Å². The predicted molar refractivity (Wildman–Crippen MR) is 113 cm³/mol. The number of ether oxygens (including phenoxy) is 1. The number of nitro benzene ring substituents is 1. The summed E-state index contributed by atoms with van der Waals surface area (Å²) in [6.45, 7) is 5.55. The first-order valence-electron chi connectivity index (χ1n) is 11.1. The minimum atomic E-state index is -0.356. The van der Waals surface area contributed by atoms with Crippen LogP contribution in [-0.4, -0.2) is 28.0 Å². The number of carbonyl (C=O) groups is 1. The molecule has 0 aromatic heterocycles. The number of nitro groups is 1. The summed E-state index contributed by atoms with van der Waals surface area (Å²) in [5, 5.41) is 11.6. The zero-order valence-corrected chi connectivity index (χ0v) is 18.0. The van der Waals surface area contributed by atoms with Gasteiger partial charge in [0.25, 0.3) is 5.69 Å². The summed E-state index contributed by atoms with van der Waals surface area (Å²) < 4.78 is 5.72.